The van der Waals surface area contributed by atoms with E-state index in [9.17, 15) is 18.3 Å². The molecular weight excluding hydrogens is 406 g/mol. The maximum atomic E-state index is 13.4. The number of nitrogens with zero attached hydrogens (tertiary/aromatic N) is 5. The normalized spacial score (nSPS) is 11.9. The molecule has 3 rings (SSSR count). The highest BCUT2D eigenvalue weighted by molar-refractivity contribution is 7.92. The summed E-state index contributed by atoms with van der Waals surface area (Å²) in [5, 5.41) is 13.4. The van der Waals surface area contributed by atoms with Gasteiger partial charge in [-0.2, -0.15) is 13.4 Å². The number of carbonyl (C=O) groups is 1. The van der Waals surface area contributed by atoms with E-state index in [0.717, 1.165) is 9.87 Å². The number of sulfonamides is 1. The average Bonchev–Trinajstić information content (AvgIpc) is 3.02. The lowest BCUT2D eigenvalue weighted by atomic mass is 10.1. The Morgan fingerprint density at radius 1 is 1.29 bits per heavy atom. The average molecular weight is 424 g/mol. The zero-order chi connectivity index (χ0) is 20.8. The first-order valence-electron chi connectivity index (χ1n) is 8.30. The molecule has 0 unspecified atom stereocenters. The third kappa shape index (κ3) is 3.29. The van der Waals surface area contributed by atoms with Gasteiger partial charge in [0.2, 0.25) is 0 Å². The molecule has 0 aliphatic rings. The predicted octanol–water partition coefficient (Wildman–Crippen LogP) is 2.70. The van der Waals surface area contributed by atoms with Crippen molar-refractivity contribution in [1.29, 1.82) is 0 Å². The highest BCUT2D eigenvalue weighted by atomic mass is 35.5. The molecule has 0 aliphatic carbocycles. The van der Waals surface area contributed by atoms with Crippen molar-refractivity contribution in [3.8, 4) is 0 Å². The van der Waals surface area contributed by atoms with Crippen LogP contribution in [0.3, 0.4) is 0 Å². The maximum absolute atomic E-state index is 13.4. The van der Waals surface area contributed by atoms with Crippen LogP contribution in [0, 0.1) is 13.8 Å². The Hall–Kier alpha value is -2.72. The number of benzene rings is 1. The Kier molecular flexibility index (Phi) is 5.02. The number of hydrogen-bond acceptors (Lipinski definition) is 6. The second-order valence-corrected chi connectivity index (χ2v) is 8.65. The van der Waals surface area contributed by atoms with E-state index in [4.69, 9.17) is 11.6 Å². The van der Waals surface area contributed by atoms with Crippen molar-refractivity contribution in [1.82, 2.24) is 19.6 Å². The molecule has 0 aliphatic heterocycles. The molecule has 0 radical (unpaired) electrons. The highest BCUT2D eigenvalue weighted by Crippen LogP contribution is 2.35. The standard InChI is InChI=1S/C17H18ClN5O4S/c1-9(2)23(14-11(4)13(18)6-5-12(14)15(24)25)28(26,27)17-20-16-19-7-10(3)8-22(16)21-17/h5-9H,1-4H3,(H,24,25). The van der Waals surface area contributed by atoms with Crippen molar-refractivity contribution in [2.45, 2.75) is 38.9 Å². The van der Waals surface area contributed by atoms with Gasteiger partial charge < -0.3 is 5.11 Å². The van der Waals surface area contributed by atoms with Gasteiger partial charge in [-0.15, -0.1) is 5.10 Å². The molecule has 0 spiro atoms. The van der Waals surface area contributed by atoms with E-state index >= 15 is 0 Å². The highest BCUT2D eigenvalue weighted by Gasteiger charge is 2.35. The monoisotopic (exact) mass is 423 g/mol. The summed E-state index contributed by atoms with van der Waals surface area (Å²) in [4.78, 5) is 19.8. The van der Waals surface area contributed by atoms with Crippen LogP contribution in [-0.2, 0) is 10.0 Å². The number of fused-ring (bicyclic) bond motifs is 1. The van der Waals surface area contributed by atoms with Gasteiger partial charge in [-0.1, -0.05) is 11.6 Å². The Morgan fingerprint density at radius 3 is 2.57 bits per heavy atom. The summed E-state index contributed by atoms with van der Waals surface area (Å²) in [6.07, 6.45) is 3.14. The predicted molar refractivity (Wildman–Crippen MR) is 103 cm³/mol. The summed E-state index contributed by atoms with van der Waals surface area (Å²) in [7, 11) is -4.30. The first-order valence-corrected chi connectivity index (χ1v) is 10.1. The van der Waals surface area contributed by atoms with Crippen LogP contribution in [-0.4, -0.2) is 45.1 Å². The molecule has 0 fully saturated rings. The first-order chi connectivity index (χ1) is 13.0. The molecular formula is C17H18ClN5O4S. The smallest absolute Gasteiger partial charge is 0.337 e. The number of anilines is 1. The van der Waals surface area contributed by atoms with E-state index in [1.165, 1.54) is 16.6 Å². The van der Waals surface area contributed by atoms with Gasteiger partial charge in [-0.05, 0) is 51.0 Å². The minimum absolute atomic E-state index is 0.0157. The molecule has 0 atom stereocenters. The molecule has 3 aromatic rings. The minimum atomic E-state index is -4.30. The zero-order valence-corrected chi connectivity index (χ0v) is 17.2. The SMILES string of the molecule is Cc1cnc2nc(S(=O)(=O)N(c3c(C(=O)O)ccc(Cl)c3C)C(C)C)nn2c1. The Labute approximate surface area is 166 Å². The summed E-state index contributed by atoms with van der Waals surface area (Å²) in [6.45, 7) is 6.61. The molecule has 0 bridgehead atoms. The van der Waals surface area contributed by atoms with Crippen LogP contribution in [0.2, 0.25) is 5.02 Å². The summed E-state index contributed by atoms with van der Waals surface area (Å²) < 4.78 is 29.0. The lowest BCUT2D eigenvalue weighted by molar-refractivity contribution is 0.0697. The molecule has 2 aromatic heterocycles. The molecule has 1 N–H and O–H groups in total. The fourth-order valence-electron chi connectivity index (χ4n) is 2.84. The number of halogens is 1. The zero-order valence-electron chi connectivity index (χ0n) is 15.6. The molecule has 0 saturated heterocycles. The Balaban J connectivity index is 2.27. The van der Waals surface area contributed by atoms with Crippen LogP contribution in [0.1, 0.15) is 35.3 Å². The van der Waals surface area contributed by atoms with Crippen LogP contribution in [0.5, 0.6) is 0 Å². The molecule has 2 heterocycles. The van der Waals surface area contributed by atoms with E-state index < -0.39 is 27.2 Å². The largest absolute Gasteiger partial charge is 0.478 e. The van der Waals surface area contributed by atoms with Crippen LogP contribution >= 0.6 is 11.6 Å². The van der Waals surface area contributed by atoms with E-state index in [0.29, 0.717) is 5.56 Å². The molecule has 148 valence electrons. The van der Waals surface area contributed by atoms with Crippen molar-refractivity contribution in [2.75, 3.05) is 4.31 Å². The fourth-order valence-corrected chi connectivity index (χ4v) is 4.59. The fraction of sp³-hybridized carbons (Fsp3) is 0.294. The Morgan fingerprint density at radius 2 is 1.96 bits per heavy atom. The molecule has 0 amide bonds. The van der Waals surface area contributed by atoms with Gasteiger partial charge in [0.15, 0.2) is 0 Å². The number of aromatic nitrogens is 4. The summed E-state index contributed by atoms with van der Waals surface area (Å²) in [5.74, 6) is -1.15. The number of aromatic carboxylic acids is 1. The van der Waals surface area contributed by atoms with Crippen LogP contribution in [0.4, 0.5) is 5.69 Å². The summed E-state index contributed by atoms with van der Waals surface area (Å²) in [6, 6.07) is 2.08. The topological polar surface area (TPSA) is 118 Å². The lowest BCUT2D eigenvalue weighted by Crippen LogP contribution is -2.39. The lowest BCUT2D eigenvalue weighted by Gasteiger charge is -2.29. The number of hydrogen-bond donors (Lipinski definition) is 1. The number of carboxylic acids is 1. The third-order valence-electron chi connectivity index (χ3n) is 4.08. The van der Waals surface area contributed by atoms with Gasteiger partial charge in [-0.25, -0.2) is 14.3 Å². The van der Waals surface area contributed by atoms with Crippen molar-refractivity contribution >= 4 is 39.1 Å². The van der Waals surface area contributed by atoms with Crippen molar-refractivity contribution in [3.05, 3.63) is 46.2 Å². The van der Waals surface area contributed by atoms with Gasteiger partial charge in [0.25, 0.3) is 10.9 Å². The quantitative estimate of drug-likeness (QED) is 0.670. The van der Waals surface area contributed by atoms with Gasteiger partial charge in [0, 0.05) is 23.5 Å². The van der Waals surface area contributed by atoms with Gasteiger partial charge >= 0.3 is 16.0 Å². The second-order valence-electron chi connectivity index (χ2n) is 6.54. The van der Waals surface area contributed by atoms with Crippen molar-refractivity contribution < 1.29 is 18.3 Å². The second kappa shape index (κ2) is 7.02. The number of rotatable bonds is 5. The Bertz CT molecular complexity index is 1190. The van der Waals surface area contributed by atoms with Gasteiger partial charge in [0.05, 0.1) is 11.3 Å². The maximum Gasteiger partial charge on any atom is 0.337 e. The summed E-state index contributed by atoms with van der Waals surface area (Å²) >= 11 is 6.16. The molecule has 28 heavy (non-hydrogen) atoms. The summed E-state index contributed by atoms with van der Waals surface area (Å²) in [5.41, 5.74) is 0.910. The molecule has 11 heteroatoms. The molecule has 1 aromatic carbocycles. The van der Waals surface area contributed by atoms with Crippen LogP contribution in [0.25, 0.3) is 5.78 Å². The van der Waals surface area contributed by atoms with E-state index in [1.54, 1.807) is 40.1 Å². The van der Waals surface area contributed by atoms with E-state index in [-0.39, 0.29) is 22.1 Å². The molecule has 0 saturated carbocycles. The van der Waals surface area contributed by atoms with E-state index in [1.807, 2.05) is 0 Å². The number of carboxylic acid groups (broad SMARTS) is 1. The number of aryl methyl sites for hydroxylation is 1. The molecule has 9 nitrogen and oxygen atoms in total. The van der Waals surface area contributed by atoms with Gasteiger partial charge in [0.1, 0.15) is 0 Å². The van der Waals surface area contributed by atoms with Gasteiger partial charge in [-0.3, -0.25) is 4.31 Å². The van der Waals surface area contributed by atoms with E-state index in [2.05, 4.69) is 15.1 Å². The minimum Gasteiger partial charge on any atom is -0.478 e. The van der Waals surface area contributed by atoms with Crippen LogP contribution < -0.4 is 4.31 Å². The third-order valence-corrected chi connectivity index (χ3v) is 6.24. The van der Waals surface area contributed by atoms with Crippen LogP contribution in [0.15, 0.2) is 29.7 Å². The first kappa shape index (κ1) is 20.0. The van der Waals surface area contributed by atoms with Crippen molar-refractivity contribution in [2.24, 2.45) is 0 Å². The van der Waals surface area contributed by atoms with Crippen molar-refractivity contribution in [3.63, 3.8) is 0 Å².